The molecule has 0 saturated carbocycles. The van der Waals surface area contributed by atoms with Gasteiger partial charge < -0.3 is 0 Å². The molecule has 0 N–H and O–H groups in total. The fourth-order valence-electron chi connectivity index (χ4n) is 1.39. The van der Waals surface area contributed by atoms with Crippen LogP contribution in [0.3, 0.4) is 0 Å². The molecule has 0 saturated heterocycles. The van der Waals surface area contributed by atoms with E-state index in [2.05, 4.69) is 50.8 Å². The summed E-state index contributed by atoms with van der Waals surface area (Å²) in [6.45, 7) is 7.85. The summed E-state index contributed by atoms with van der Waals surface area (Å²) in [5.41, 5.74) is 1.39. The average molecular weight is 218 g/mol. The first-order chi connectivity index (χ1) is 7.81. The van der Waals surface area contributed by atoms with Crippen LogP contribution >= 0.6 is 0 Å². The Hall–Kier alpha value is -1.04. The fraction of sp³-hybridized carbons (Fsp3) is 0.500. The van der Waals surface area contributed by atoms with Crippen LogP contribution in [0.4, 0.5) is 0 Å². The van der Waals surface area contributed by atoms with Gasteiger partial charge in [-0.25, -0.2) is 0 Å². The molecule has 0 aromatic carbocycles. The Bertz CT molecular complexity index is 241. The van der Waals surface area contributed by atoms with Crippen LogP contribution in [0.25, 0.3) is 0 Å². The molecule has 0 aromatic heterocycles. The normalized spacial score (nSPS) is 23.0. The number of hydrogen-bond acceptors (Lipinski definition) is 0. The Morgan fingerprint density at radius 1 is 1.25 bits per heavy atom. The minimum atomic E-state index is 1.15. The summed E-state index contributed by atoms with van der Waals surface area (Å²) in [7, 11) is 0. The van der Waals surface area contributed by atoms with Gasteiger partial charge >= 0.3 is 0 Å². The van der Waals surface area contributed by atoms with Crippen LogP contribution in [0.2, 0.25) is 0 Å². The number of allylic oxidation sites excluding steroid dienone is 7. The van der Waals surface area contributed by atoms with E-state index in [-0.39, 0.29) is 0 Å². The Kier molecular flexibility index (Phi) is 11.2. The molecule has 1 rings (SSSR count). The van der Waals surface area contributed by atoms with Crippen LogP contribution in [0, 0.1) is 0 Å². The Morgan fingerprint density at radius 2 is 2.00 bits per heavy atom. The van der Waals surface area contributed by atoms with Gasteiger partial charge in [0.25, 0.3) is 0 Å². The molecule has 0 heteroatoms. The van der Waals surface area contributed by atoms with Crippen molar-refractivity contribution in [2.45, 2.75) is 52.4 Å². The maximum absolute atomic E-state index is 3.55. The van der Waals surface area contributed by atoms with Crippen molar-refractivity contribution in [3.8, 4) is 0 Å². The van der Waals surface area contributed by atoms with E-state index in [0.29, 0.717) is 0 Å². The lowest BCUT2D eigenvalue weighted by atomic mass is 10.1. The maximum atomic E-state index is 3.55. The largest absolute Gasteiger partial charge is 0.103 e. The highest BCUT2D eigenvalue weighted by atomic mass is 13.9. The molecule has 0 bridgehead atoms. The molecule has 0 amide bonds. The van der Waals surface area contributed by atoms with Crippen LogP contribution in [-0.4, -0.2) is 0 Å². The van der Waals surface area contributed by atoms with Gasteiger partial charge in [0.15, 0.2) is 0 Å². The van der Waals surface area contributed by atoms with Crippen molar-refractivity contribution in [1.82, 2.24) is 0 Å². The van der Waals surface area contributed by atoms with Crippen molar-refractivity contribution < 1.29 is 0 Å². The van der Waals surface area contributed by atoms with Crippen LogP contribution < -0.4 is 0 Å². The predicted molar refractivity (Wildman–Crippen MR) is 75.6 cm³/mol. The van der Waals surface area contributed by atoms with Crippen molar-refractivity contribution >= 4 is 0 Å². The van der Waals surface area contributed by atoms with Crippen LogP contribution in [0.5, 0.6) is 0 Å². The molecule has 1 aliphatic rings. The SMILES string of the molecule is C=CCCC.CC1=C\CCCC/C=C/C=C\1. The van der Waals surface area contributed by atoms with Gasteiger partial charge in [-0.1, -0.05) is 55.4 Å². The van der Waals surface area contributed by atoms with E-state index in [1.54, 1.807) is 0 Å². The van der Waals surface area contributed by atoms with E-state index in [9.17, 15) is 0 Å². The number of unbranched alkanes of at least 4 members (excludes halogenated alkanes) is 1. The molecule has 0 nitrogen and oxygen atoms in total. The van der Waals surface area contributed by atoms with Crippen molar-refractivity contribution in [3.63, 3.8) is 0 Å². The molecule has 1 aliphatic carbocycles. The maximum Gasteiger partial charge on any atom is -0.0345 e. The molecule has 0 radical (unpaired) electrons. The smallest absolute Gasteiger partial charge is 0.0345 e. The molecule has 16 heavy (non-hydrogen) atoms. The molecule has 0 aromatic rings. The van der Waals surface area contributed by atoms with Gasteiger partial charge in [-0.2, -0.15) is 0 Å². The van der Waals surface area contributed by atoms with E-state index in [0.717, 1.165) is 6.42 Å². The summed E-state index contributed by atoms with van der Waals surface area (Å²) < 4.78 is 0. The van der Waals surface area contributed by atoms with Gasteiger partial charge in [0.1, 0.15) is 0 Å². The zero-order chi connectivity index (χ0) is 12.1. The lowest BCUT2D eigenvalue weighted by Gasteiger charge is -1.96. The van der Waals surface area contributed by atoms with Crippen LogP contribution in [0.1, 0.15) is 52.4 Å². The number of hydrogen-bond donors (Lipinski definition) is 0. The quantitative estimate of drug-likeness (QED) is 0.530. The van der Waals surface area contributed by atoms with Crippen LogP contribution in [0.15, 0.2) is 48.6 Å². The Labute approximate surface area is 101 Å². The summed E-state index contributed by atoms with van der Waals surface area (Å²) in [6, 6.07) is 0. The van der Waals surface area contributed by atoms with Gasteiger partial charge in [-0.15, -0.1) is 6.58 Å². The van der Waals surface area contributed by atoms with Crippen molar-refractivity contribution in [1.29, 1.82) is 0 Å². The highest BCUT2D eigenvalue weighted by Gasteiger charge is 1.86. The molecule has 0 spiro atoms. The first-order valence-electron chi connectivity index (χ1n) is 6.42. The first kappa shape index (κ1) is 15.0. The fourth-order valence-corrected chi connectivity index (χ4v) is 1.39. The zero-order valence-corrected chi connectivity index (χ0v) is 10.9. The Balaban J connectivity index is 0.000000385. The second-order valence-corrected chi connectivity index (χ2v) is 4.10. The molecule has 90 valence electrons. The van der Waals surface area contributed by atoms with Gasteiger partial charge in [0.2, 0.25) is 0 Å². The van der Waals surface area contributed by atoms with Crippen molar-refractivity contribution in [3.05, 3.63) is 48.6 Å². The van der Waals surface area contributed by atoms with Crippen molar-refractivity contribution in [2.75, 3.05) is 0 Å². The molecular weight excluding hydrogens is 192 g/mol. The summed E-state index contributed by atoms with van der Waals surface area (Å²) in [4.78, 5) is 0. The summed E-state index contributed by atoms with van der Waals surface area (Å²) in [5, 5.41) is 0. The van der Waals surface area contributed by atoms with E-state index in [1.807, 2.05) is 6.08 Å². The molecule has 0 heterocycles. The van der Waals surface area contributed by atoms with E-state index in [4.69, 9.17) is 0 Å². The third-order valence-corrected chi connectivity index (χ3v) is 2.39. The van der Waals surface area contributed by atoms with E-state index >= 15 is 0 Å². The standard InChI is InChI=1S/C11H16.C5H10/c1-11-9-7-5-3-2-4-6-8-10-11;1-3-5-4-2/h3,5,7,9-10H,2,4,6,8H2,1H3;3H,1,4-5H2,2H3/b5-3+,9-7-,11-10+;. The Morgan fingerprint density at radius 3 is 2.62 bits per heavy atom. The number of rotatable bonds is 2. The van der Waals surface area contributed by atoms with E-state index in [1.165, 1.54) is 37.7 Å². The summed E-state index contributed by atoms with van der Waals surface area (Å²) in [5.74, 6) is 0. The lowest BCUT2D eigenvalue weighted by Crippen LogP contribution is -1.76. The predicted octanol–water partition coefficient (Wildman–Crippen LogP) is 5.59. The second-order valence-electron chi connectivity index (χ2n) is 4.10. The minimum Gasteiger partial charge on any atom is -0.103 e. The monoisotopic (exact) mass is 218 g/mol. The summed E-state index contributed by atoms with van der Waals surface area (Å²) in [6.07, 6.45) is 20.4. The summed E-state index contributed by atoms with van der Waals surface area (Å²) >= 11 is 0. The molecule has 0 unspecified atom stereocenters. The van der Waals surface area contributed by atoms with E-state index < -0.39 is 0 Å². The third kappa shape index (κ3) is 11.0. The molecule has 0 atom stereocenters. The third-order valence-electron chi connectivity index (χ3n) is 2.39. The first-order valence-corrected chi connectivity index (χ1v) is 6.42. The average Bonchev–Trinajstić information content (AvgIpc) is 2.29. The molecule has 0 aliphatic heterocycles. The van der Waals surface area contributed by atoms with Crippen molar-refractivity contribution in [2.24, 2.45) is 0 Å². The highest BCUT2D eigenvalue weighted by Crippen LogP contribution is 2.07. The lowest BCUT2D eigenvalue weighted by molar-refractivity contribution is 0.760. The van der Waals surface area contributed by atoms with Crippen LogP contribution in [-0.2, 0) is 0 Å². The second kappa shape index (κ2) is 12.0. The molecule has 0 fully saturated rings. The van der Waals surface area contributed by atoms with Gasteiger partial charge in [-0.05, 0) is 39.0 Å². The topological polar surface area (TPSA) is 0 Å². The van der Waals surface area contributed by atoms with Gasteiger partial charge in [0.05, 0.1) is 0 Å². The van der Waals surface area contributed by atoms with Gasteiger partial charge in [-0.3, -0.25) is 0 Å². The van der Waals surface area contributed by atoms with Gasteiger partial charge in [0, 0.05) is 0 Å². The minimum absolute atomic E-state index is 1.15. The zero-order valence-electron chi connectivity index (χ0n) is 10.9. The highest BCUT2D eigenvalue weighted by molar-refractivity contribution is 5.20. The molecular formula is C16H26.